The quantitative estimate of drug-likeness (QED) is 0.532. The predicted octanol–water partition coefficient (Wildman–Crippen LogP) is 3.52. The van der Waals surface area contributed by atoms with Crippen LogP contribution in [-0.2, 0) is 21.3 Å². The number of ether oxygens (including phenoxy) is 1. The topological polar surface area (TPSA) is 86.1 Å². The summed E-state index contributed by atoms with van der Waals surface area (Å²) in [6, 6.07) is 8.62. The third-order valence-electron chi connectivity index (χ3n) is 4.92. The van der Waals surface area contributed by atoms with E-state index in [1.165, 1.54) is 0 Å². The fourth-order valence-electron chi connectivity index (χ4n) is 3.51. The molecule has 0 aliphatic carbocycles. The van der Waals surface area contributed by atoms with Crippen molar-refractivity contribution in [3.05, 3.63) is 54.1 Å². The molecule has 0 aliphatic heterocycles. The van der Waals surface area contributed by atoms with E-state index < -0.39 is 10.0 Å². The van der Waals surface area contributed by atoms with Crippen LogP contribution in [0.3, 0.4) is 0 Å². The van der Waals surface area contributed by atoms with E-state index in [1.807, 2.05) is 32.0 Å². The van der Waals surface area contributed by atoms with Gasteiger partial charge in [0.1, 0.15) is 5.82 Å². The Hall–Kier alpha value is -2.29. The maximum Gasteiger partial charge on any atom is 0.240 e. The molecule has 0 fully saturated rings. The summed E-state index contributed by atoms with van der Waals surface area (Å²) in [7, 11) is -3.62. The van der Waals surface area contributed by atoms with Crippen molar-refractivity contribution in [1.29, 1.82) is 0 Å². The molecule has 1 N–H and O–H groups in total. The number of pyridine rings is 1. The second kappa shape index (κ2) is 9.68. The molecule has 30 heavy (non-hydrogen) atoms. The van der Waals surface area contributed by atoms with Crippen LogP contribution in [0.2, 0.25) is 0 Å². The number of aromatic nitrogens is 3. The lowest BCUT2D eigenvalue weighted by Gasteiger charge is -2.20. The summed E-state index contributed by atoms with van der Waals surface area (Å²) in [4.78, 5) is 8.99. The van der Waals surface area contributed by atoms with Crippen molar-refractivity contribution in [1.82, 2.24) is 19.3 Å². The molecule has 3 rings (SSSR count). The molecule has 0 radical (unpaired) electrons. The minimum atomic E-state index is -3.62. The Bertz CT molecular complexity index is 1080. The molecule has 162 valence electrons. The number of imidazole rings is 1. The van der Waals surface area contributed by atoms with Crippen LogP contribution in [-0.4, -0.2) is 42.2 Å². The molecular weight excluding hydrogens is 400 g/mol. The second-order valence-electron chi connectivity index (χ2n) is 7.86. The number of benzene rings is 1. The van der Waals surface area contributed by atoms with Gasteiger partial charge >= 0.3 is 0 Å². The summed E-state index contributed by atoms with van der Waals surface area (Å²) in [5.41, 5.74) is 2.85. The van der Waals surface area contributed by atoms with E-state index in [0.29, 0.717) is 25.7 Å². The highest BCUT2D eigenvalue weighted by molar-refractivity contribution is 7.89. The monoisotopic (exact) mass is 430 g/mol. The van der Waals surface area contributed by atoms with Gasteiger partial charge in [-0.2, -0.15) is 0 Å². The van der Waals surface area contributed by atoms with Gasteiger partial charge in [-0.1, -0.05) is 26.0 Å². The number of nitrogens with one attached hydrogen (secondary N) is 1. The number of hydrogen-bond donors (Lipinski definition) is 1. The van der Waals surface area contributed by atoms with E-state index in [9.17, 15) is 8.42 Å². The summed E-state index contributed by atoms with van der Waals surface area (Å²) in [5.74, 6) is 1.26. The Morgan fingerprint density at radius 2 is 1.90 bits per heavy atom. The van der Waals surface area contributed by atoms with Crippen molar-refractivity contribution < 1.29 is 13.2 Å². The lowest BCUT2D eigenvalue weighted by molar-refractivity contribution is 0.122. The third kappa shape index (κ3) is 5.44. The molecule has 1 atom stereocenters. The first-order chi connectivity index (χ1) is 14.3. The van der Waals surface area contributed by atoms with Gasteiger partial charge in [0, 0.05) is 25.4 Å². The molecule has 0 unspecified atom stereocenters. The zero-order chi connectivity index (χ0) is 21.7. The molecule has 2 heterocycles. The Morgan fingerprint density at radius 1 is 1.17 bits per heavy atom. The number of sulfonamides is 1. The summed E-state index contributed by atoms with van der Waals surface area (Å²) < 4.78 is 36.0. The summed E-state index contributed by atoms with van der Waals surface area (Å²) in [6.07, 6.45) is 4.24. The first-order valence-electron chi connectivity index (χ1n) is 10.3. The number of hydrogen-bond acceptors (Lipinski definition) is 5. The van der Waals surface area contributed by atoms with Crippen LogP contribution >= 0.6 is 0 Å². The lowest BCUT2D eigenvalue weighted by Crippen LogP contribution is -2.39. The van der Waals surface area contributed by atoms with Crippen molar-refractivity contribution in [2.24, 2.45) is 5.92 Å². The van der Waals surface area contributed by atoms with Gasteiger partial charge < -0.3 is 9.30 Å². The molecule has 2 aromatic heterocycles. The first kappa shape index (κ1) is 22.4. The highest BCUT2D eigenvalue weighted by atomic mass is 32.2. The smallest absolute Gasteiger partial charge is 0.240 e. The molecule has 0 spiro atoms. The van der Waals surface area contributed by atoms with Gasteiger partial charge in [-0.05, 0) is 49.9 Å². The standard InChI is InChI=1S/C22H30N4O3S/c1-5-29-15-19(12-16(2)3)25-30(27,28)20-8-6-18(7-9-20)14-26-17(4)24-21-10-11-23-13-22(21)26/h6-11,13,16,19,25H,5,12,14-15H2,1-4H3/t19-/m1/s1. The molecule has 7 nitrogen and oxygen atoms in total. The largest absolute Gasteiger partial charge is 0.380 e. The van der Waals surface area contributed by atoms with Gasteiger partial charge in [0.15, 0.2) is 0 Å². The minimum Gasteiger partial charge on any atom is -0.380 e. The third-order valence-corrected chi connectivity index (χ3v) is 6.45. The average Bonchev–Trinajstić information content (AvgIpc) is 3.01. The van der Waals surface area contributed by atoms with Crippen LogP contribution in [0.4, 0.5) is 0 Å². The minimum absolute atomic E-state index is 0.248. The molecule has 0 saturated heterocycles. The molecule has 3 aromatic rings. The normalized spacial score (nSPS) is 13.2. The van der Waals surface area contributed by atoms with Crippen molar-refractivity contribution in [2.45, 2.75) is 51.6 Å². The van der Waals surface area contributed by atoms with Crippen LogP contribution in [0.1, 0.15) is 38.6 Å². The molecular formula is C22H30N4O3S. The van der Waals surface area contributed by atoms with E-state index in [-0.39, 0.29) is 10.9 Å². The highest BCUT2D eigenvalue weighted by Crippen LogP contribution is 2.18. The van der Waals surface area contributed by atoms with Crippen LogP contribution in [0.25, 0.3) is 11.0 Å². The maximum absolute atomic E-state index is 12.9. The van der Waals surface area contributed by atoms with Crippen molar-refractivity contribution in [3.63, 3.8) is 0 Å². The Kier molecular flexibility index (Phi) is 7.23. The molecule has 0 amide bonds. The van der Waals surface area contributed by atoms with Gasteiger partial charge in [0.25, 0.3) is 0 Å². The van der Waals surface area contributed by atoms with E-state index >= 15 is 0 Å². The van der Waals surface area contributed by atoms with Crippen LogP contribution < -0.4 is 4.72 Å². The Labute approximate surface area is 178 Å². The van der Waals surface area contributed by atoms with E-state index in [4.69, 9.17) is 4.74 Å². The fraction of sp³-hybridized carbons (Fsp3) is 0.455. The molecule has 0 aliphatic rings. The van der Waals surface area contributed by atoms with Crippen LogP contribution in [0.5, 0.6) is 0 Å². The second-order valence-corrected chi connectivity index (χ2v) is 9.57. The molecule has 0 saturated carbocycles. The van der Waals surface area contributed by atoms with E-state index in [1.54, 1.807) is 24.5 Å². The van der Waals surface area contributed by atoms with Crippen molar-refractivity contribution in [2.75, 3.05) is 13.2 Å². The van der Waals surface area contributed by atoms with Gasteiger partial charge in [-0.15, -0.1) is 0 Å². The zero-order valence-corrected chi connectivity index (χ0v) is 18.8. The average molecular weight is 431 g/mol. The summed E-state index contributed by atoms with van der Waals surface area (Å²) in [5, 5.41) is 0. The number of fused-ring (bicyclic) bond motifs is 1. The van der Waals surface area contributed by atoms with E-state index in [2.05, 4.69) is 33.1 Å². The summed E-state index contributed by atoms with van der Waals surface area (Å²) in [6.45, 7) is 9.52. The molecule has 1 aromatic carbocycles. The van der Waals surface area contributed by atoms with Gasteiger partial charge in [-0.25, -0.2) is 18.1 Å². The van der Waals surface area contributed by atoms with Crippen molar-refractivity contribution >= 4 is 21.1 Å². The van der Waals surface area contributed by atoms with Crippen molar-refractivity contribution in [3.8, 4) is 0 Å². The van der Waals surface area contributed by atoms with Gasteiger partial charge in [-0.3, -0.25) is 4.98 Å². The number of nitrogens with zero attached hydrogens (tertiary/aromatic N) is 3. The molecule has 8 heteroatoms. The number of aryl methyl sites for hydroxylation is 1. The van der Waals surface area contributed by atoms with E-state index in [0.717, 1.165) is 28.8 Å². The molecule has 0 bridgehead atoms. The number of rotatable bonds is 10. The predicted molar refractivity (Wildman–Crippen MR) is 118 cm³/mol. The maximum atomic E-state index is 12.9. The van der Waals surface area contributed by atoms with Gasteiger partial charge in [0.2, 0.25) is 10.0 Å². The van der Waals surface area contributed by atoms with Crippen LogP contribution in [0.15, 0.2) is 47.6 Å². The zero-order valence-electron chi connectivity index (χ0n) is 18.0. The lowest BCUT2D eigenvalue weighted by atomic mass is 10.1. The van der Waals surface area contributed by atoms with Crippen LogP contribution in [0, 0.1) is 12.8 Å². The SMILES string of the molecule is CCOC[C@@H](CC(C)C)NS(=O)(=O)c1ccc(Cn2c(C)nc3ccncc32)cc1. The van der Waals surface area contributed by atoms with Gasteiger partial charge in [0.05, 0.1) is 28.7 Å². The first-order valence-corrected chi connectivity index (χ1v) is 11.7. The summed E-state index contributed by atoms with van der Waals surface area (Å²) >= 11 is 0. The highest BCUT2D eigenvalue weighted by Gasteiger charge is 2.21. The Morgan fingerprint density at radius 3 is 2.57 bits per heavy atom. The fourth-order valence-corrected chi connectivity index (χ4v) is 4.75. The Balaban J connectivity index is 1.75.